The van der Waals surface area contributed by atoms with Crippen molar-refractivity contribution in [2.45, 2.75) is 6.92 Å². The van der Waals surface area contributed by atoms with Crippen LogP contribution in [0.15, 0.2) is 10.6 Å². The van der Waals surface area contributed by atoms with E-state index in [2.05, 4.69) is 21.9 Å². The maximum Gasteiger partial charge on any atom is 0.000288 e. The van der Waals surface area contributed by atoms with Gasteiger partial charge in [0.1, 0.15) is 0 Å². The van der Waals surface area contributed by atoms with Crippen LogP contribution in [0.5, 0.6) is 0 Å². The molecule has 0 rings (SSSR count). The van der Waals surface area contributed by atoms with Gasteiger partial charge in [-0.2, -0.15) is 0 Å². The number of hydrogen-bond acceptors (Lipinski definition) is 0. The summed E-state index contributed by atoms with van der Waals surface area (Å²) in [6, 6.07) is 0. The molecule has 0 aromatic carbocycles. The van der Waals surface area contributed by atoms with E-state index in [1.165, 1.54) is 0 Å². The van der Waals surface area contributed by atoms with E-state index in [1.54, 1.807) is 6.08 Å². The Kier molecular flexibility index (Phi) is 2.88. The van der Waals surface area contributed by atoms with Crippen molar-refractivity contribution < 1.29 is 0 Å². The summed E-state index contributed by atoms with van der Waals surface area (Å²) in [5.41, 5.74) is 0. The summed E-state index contributed by atoms with van der Waals surface area (Å²) in [4.78, 5) is 0. The molecule has 0 atom stereocenters. The molecular weight excluding hydrogens is 140 g/mol. The van der Waals surface area contributed by atoms with Crippen molar-refractivity contribution in [3.05, 3.63) is 10.6 Å². The lowest BCUT2D eigenvalue weighted by molar-refractivity contribution is 1.72. The normalized spacial score (nSPS) is 10.5. The Morgan fingerprint density at radius 3 is 2.50 bits per heavy atom. The molecule has 0 nitrogen and oxygen atoms in total. The number of halogens is 1. The molecule has 0 N–H and O–H groups in total. The lowest BCUT2D eigenvalue weighted by Crippen LogP contribution is -1.48. The minimum atomic E-state index is 0.991. The van der Waals surface area contributed by atoms with E-state index < -0.39 is 0 Å². The van der Waals surface area contributed by atoms with Gasteiger partial charge in [0, 0.05) is 4.48 Å². The van der Waals surface area contributed by atoms with Gasteiger partial charge in [-0.05, 0) is 13.0 Å². The Hall–Kier alpha value is -0.220. The minimum Gasteiger partial charge on any atom is -0.115 e. The quantitative estimate of drug-likeness (QED) is 0.456. The van der Waals surface area contributed by atoms with Crippen LogP contribution in [0, 0.1) is 12.3 Å². The predicted molar refractivity (Wildman–Crippen MR) is 31.5 cm³/mol. The molecular formula is C5H5Br. The monoisotopic (exact) mass is 144 g/mol. The van der Waals surface area contributed by atoms with Gasteiger partial charge in [-0.25, -0.2) is 0 Å². The molecule has 0 aromatic rings. The molecule has 0 amide bonds. The highest BCUT2D eigenvalue weighted by atomic mass is 79.9. The number of allylic oxidation sites excluding steroid dienone is 2. The molecule has 32 valence electrons. The number of rotatable bonds is 0. The lowest BCUT2D eigenvalue weighted by atomic mass is 10.5. The first-order valence-corrected chi connectivity index (χ1v) is 2.35. The van der Waals surface area contributed by atoms with Crippen molar-refractivity contribution in [2.24, 2.45) is 0 Å². The Labute approximate surface area is 46.4 Å². The van der Waals surface area contributed by atoms with Crippen LogP contribution in [0.1, 0.15) is 6.92 Å². The van der Waals surface area contributed by atoms with Crippen molar-refractivity contribution in [1.29, 1.82) is 0 Å². The van der Waals surface area contributed by atoms with Gasteiger partial charge in [-0.3, -0.25) is 0 Å². The van der Waals surface area contributed by atoms with Crippen molar-refractivity contribution in [2.75, 3.05) is 0 Å². The molecule has 0 unspecified atom stereocenters. The Morgan fingerprint density at radius 2 is 2.50 bits per heavy atom. The van der Waals surface area contributed by atoms with Crippen LogP contribution in [-0.2, 0) is 0 Å². The molecule has 0 bridgehead atoms. The number of hydrogen-bond donors (Lipinski definition) is 0. The molecule has 0 aromatic heterocycles. The zero-order valence-electron chi connectivity index (χ0n) is 3.53. The van der Waals surface area contributed by atoms with Gasteiger partial charge in [-0.1, -0.05) is 21.9 Å². The highest BCUT2D eigenvalue weighted by molar-refractivity contribution is 9.11. The average Bonchev–Trinajstić information content (AvgIpc) is 1.35. The number of terminal acetylenes is 1. The zero-order valence-corrected chi connectivity index (χ0v) is 5.12. The minimum absolute atomic E-state index is 0.991. The van der Waals surface area contributed by atoms with Crippen molar-refractivity contribution >= 4 is 15.9 Å². The highest BCUT2D eigenvalue weighted by Crippen LogP contribution is 1.98. The second-order valence-electron chi connectivity index (χ2n) is 0.898. The van der Waals surface area contributed by atoms with Crippen LogP contribution in [0.3, 0.4) is 0 Å². The van der Waals surface area contributed by atoms with E-state index in [-0.39, 0.29) is 0 Å². The van der Waals surface area contributed by atoms with E-state index in [4.69, 9.17) is 6.42 Å². The molecule has 0 fully saturated rings. The fourth-order valence-electron chi connectivity index (χ4n) is 0.115. The van der Waals surface area contributed by atoms with Crippen LogP contribution >= 0.6 is 15.9 Å². The first-order chi connectivity index (χ1) is 2.77. The van der Waals surface area contributed by atoms with Crippen molar-refractivity contribution in [3.8, 4) is 12.3 Å². The Balaban J connectivity index is 3.51. The fraction of sp³-hybridized carbons (Fsp3) is 0.200. The molecule has 0 aliphatic heterocycles. The summed E-state index contributed by atoms with van der Waals surface area (Å²) < 4.78 is 0.991. The van der Waals surface area contributed by atoms with Crippen molar-refractivity contribution in [3.63, 3.8) is 0 Å². The largest absolute Gasteiger partial charge is 0.115 e. The van der Waals surface area contributed by atoms with E-state index in [0.717, 1.165) is 4.48 Å². The van der Waals surface area contributed by atoms with Gasteiger partial charge in [0.15, 0.2) is 0 Å². The summed E-state index contributed by atoms with van der Waals surface area (Å²) in [6.07, 6.45) is 6.53. The van der Waals surface area contributed by atoms with Gasteiger partial charge >= 0.3 is 0 Å². The highest BCUT2D eigenvalue weighted by Gasteiger charge is 1.66. The second kappa shape index (κ2) is 2.99. The van der Waals surface area contributed by atoms with Crippen LogP contribution in [0.2, 0.25) is 0 Å². The Morgan fingerprint density at radius 1 is 2.00 bits per heavy atom. The third-order valence-corrected chi connectivity index (χ3v) is 0.511. The van der Waals surface area contributed by atoms with Crippen molar-refractivity contribution in [1.82, 2.24) is 0 Å². The summed E-state index contributed by atoms with van der Waals surface area (Å²) in [7, 11) is 0. The van der Waals surface area contributed by atoms with Crippen LogP contribution in [-0.4, -0.2) is 0 Å². The lowest BCUT2D eigenvalue weighted by Gasteiger charge is -1.70. The predicted octanol–water partition coefficient (Wildman–Crippen LogP) is 1.92. The van der Waals surface area contributed by atoms with Crippen LogP contribution < -0.4 is 0 Å². The first-order valence-electron chi connectivity index (χ1n) is 1.56. The second-order valence-corrected chi connectivity index (χ2v) is 2.15. The molecule has 0 radical (unpaired) electrons. The summed E-state index contributed by atoms with van der Waals surface area (Å²) in [5.74, 6) is 2.36. The SMILES string of the molecule is C#C/C=C(\C)Br. The first kappa shape index (κ1) is 5.78. The molecule has 0 aliphatic carbocycles. The maximum atomic E-state index is 4.87. The van der Waals surface area contributed by atoms with Crippen LogP contribution in [0.4, 0.5) is 0 Å². The van der Waals surface area contributed by atoms with E-state index in [9.17, 15) is 0 Å². The fourth-order valence-corrected chi connectivity index (χ4v) is 0.247. The van der Waals surface area contributed by atoms with E-state index in [1.807, 2.05) is 6.92 Å². The zero-order chi connectivity index (χ0) is 4.99. The maximum absolute atomic E-state index is 4.87. The van der Waals surface area contributed by atoms with E-state index in [0.29, 0.717) is 0 Å². The van der Waals surface area contributed by atoms with Gasteiger partial charge < -0.3 is 0 Å². The van der Waals surface area contributed by atoms with Crippen LogP contribution in [0.25, 0.3) is 0 Å². The summed E-state index contributed by atoms with van der Waals surface area (Å²) in [5, 5.41) is 0. The molecule has 0 heterocycles. The Bertz CT molecular complexity index is 91.0. The third kappa shape index (κ3) is 3.78. The molecule has 0 spiro atoms. The average molecular weight is 145 g/mol. The molecule has 0 saturated carbocycles. The molecule has 1 heteroatoms. The third-order valence-electron chi connectivity index (χ3n) is 0.282. The summed E-state index contributed by atoms with van der Waals surface area (Å²) >= 11 is 3.15. The van der Waals surface area contributed by atoms with E-state index >= 15 is 0 Å². The standard InChI is InChI=1S/C5H5Br/c1-3-4-5(2)6/h1,4H,2H3/b5-4+. The topological polar surface area (TPSA) is 0 Å². The molecule has 6 heavy (non-hydrogen) atoms. The molecule has 0 saturated heterocycles. The van der Waals surface area contributed by atoms with Gasteiger partial charge in [0.25, 0.3) is 0 Å². The summed E-state index contributed by atoms with van der Waals surface area (Å²) in [6.45, 7) is 1.89. The smallest absolute Gasteiger partial charge is 0.000288 e. The van der Waals surface area contributed by atoms with Gasteiger partial charge in [0.05, 0.1) is 0 Å². The molecule has 0 aliphatic rings. The van der Waals surface area contributed by atoms with Gasteiger partial charge in [0.2, 0.25) is 0 Å². The van der Waals surface area contributed by atoms with Gasteiger partial charge in [-0.15, -0.1) is 6.42 Å².